The van der Waals surface area contributed by atoms with Gasteiger partial charge in [-0.3, -0.25) is 0 Å². The number of nitrogens with zero attached hydrogens (tertiary/aromatic N) is 3. The molecular formula is C10H24N3. The average Bonchev–Trinajstić information content (AvgIpc) is 2.10. The van der Waals surface area contributed by atoms with E-state index in [2.05, 4.69) is 49.8 Å². The van der Waals surface area contributed by atoms with Gasteiger partial charge in [-0.15, -0.1) is 0 Å². The highest BCUT2D eigenvalue weighted by Crippen LogP contribution is 1.86. The summed E-state index contributed by atoms with van der Waals surface area (Å²) in [5.74, 6) is 0. The first kappa shape index (κ1) is 12.9. The molecule has 0 aromatic carbocycles. The molecule has 3 nitrogen and oxygen atoms in total. The minimum atomic E-state index is 0.890. The van der Waals surface area contributed by atoms with Gasteiger partial charge in [0.15, 0.2) is 0 Å². The van der Waals surface area contributed by atoms with E-state index in [1.54, 1.807) is 0 Å². The summed E-state index contributed by atoms with van der Waals surface area (Å²) in [6.45, 7) is 9.22. The number of hydrogen-bond donors (Lipinski definition) is 0. The average molecular weight is 186 g/mol. The summed E-state index contributed by atoms with van der Waals surface area (Å²) in [5, 5.41) is 0. The van der Waals surface area contributed by atoms with Crippen LogP contribution < -0.4 is 0 Å². The van der Waals surface area contributed by atoms with E-state index < -0.39 is 0 Å². The van der Waals surface area contributed by atoms with Gasteiger partial charge < -0.3 is 14.7 Å². The lowest BCUT2D eigenvalue weighted by molar-refractivity contribution is 0.246. The van der Waals surface area contributed by atoms with Crippen molar-refractivity contribution in [2.45, 2.75) is 0 Å². The van der Waals surface area contributed by atoms with Crippen LogP contribution in [0.3, 0.4) is 0 Å². The molecule has 0 saturated heterocycles. The molecule has 0 aromatic rings. The van der Waals surface area contributed by atoms with Crippen LogP contribution in [0.15, 0.2) is 0 Å². The molecule has 3 heteroatoms. The number of hydrogen-bond acceptors (Lipinski definition) is 3. The van der Waals surface area contributed by atoms with Gasteiger partial charge in [0.1, 0.15) is 0 Å². The molecule has 0 aliphatic heterocycles. The topological polar surface area (TPSA) is 9.72 Å². The third-order valence-electron chi connectivity index (χ3n) is 2.17. The van der Waals surface area contributed by atoms with Crippen LogP contribution in [0.2, 0.25) is 0 Å². The van der Waals surface area contributed by atoms with Crippen LogP contribution in [-0.2, 0) is 0 Å². The Kier molecular flexibility index (Phi) is 7.23. The Morgan fingerprint density at radius 1 is 0.769 bits per heavy atom. The quantitative estimate of drug-likeness (QED) is 0.564. The van der Waals surface area contributed by atoms with E-state index in [0.29, 0.717) is 0 Å². The Morgan fingerprint density at radius 3 is 1.69 bits per heavy atom. The van der Waals surface area contributed by atoms with Gasteiger partial charge in [0.05, 0.1) is 0 Å². The second-order valence-electron chi connectivity index (χ2n) is 3.91. The zero-order chi connectivity index (χ0) is 10.3. The fourth-order valence-corrected chi connectivity index (χ4v) is 0.936. The first-order valence-corrected chi connectivity index (χ1v) is 4.87. The van der Waals surface area contributed by atoms with Crippen molar-refractivity contribution in [3.63, 3.8) is 0 Å². The van der Waals surface area contributed by atoms with Gasteiger partial charge in [0, 0.05) is 26.2 Å². The molecule has 0 bridgehead atoms. The van der Waals surface area contributed by atoms with E-state index >= 15 is 0 Å². The summed E-state index contributed by atoms with van der Waals surface area (Å²) in [6.07, 6.45) is 0. The molecule has 0 unspecified atom stereocenters. The Labute approximate surface area is 83.3 Å². The molecule has 0 aromatic heterocycles. The van der Waals surface area contributed by atoms with Crippen molar-refractivity contribution in [3.05, 3.63) is 6.92 Å². The normalized spacial score (nSPS) is 12.0. The molecule has 0 saturated carbocycles. The molecule has 0 N–H and O–H groups in total. The third-order valence-corrected chi connectivity index (χ3v) is 2.17. The van der Waals surface area contributed by atoms with Crippen molar-refractivity contribution in [3.8, 4) is 0 Å². The highest BCUT2D eigenvalue weighted by Gasteiger charge is 2.00. The lowest BCUT2D eigenvalue weighted by Gasteiger charge is -2.22. The van der Waals surface area contributed by atoms with Crippen LogP contribution in [-0.4, -0.2) is 75.6 Å². The van der Waals surface area contributed by atoms with Gasteiger partial charge >= 0.3 is 0 Å². The fourth-order valence-electron chi connectivity index (χ4n) is 0.936. The zero-order valence-electron chi connectivity index (χ0n) is 9.58. The van der Waals surface area contributed by atoms with Crippen LogP contribution in [0.25, 0.3) is 0 Å². The summed E-state index contributed by atoms with van der Waals surface area (Å²) >= 11 is 0. The monoisotopic (exact) mass is 186 g/mol. The minimum Gasteiger partial charge on any atom is -0.308 e. The molecule has 0 aliphatic carbocycles. The SMILES string of the molecule is [CH2]CN(C)CCN(C)CCN(C)C. The standard InChI is InChI=1S/C10H24N3/c1-6-12(4)9-10-13(5)8-7-11(2)3/h1,6-10H2,2-5H3. The predicted octanol–water partition coefficient (Wildman–Crippen LogP) is 0.246. The molecule has 0 fully saturated rings. The molecule has 0 atom stereocenters. The highest BCUT2D eigenvalue weighted by atomic mass is 15.2. The number of rotatable bonds is 7. The van der Waals surface area contributed by atoms with Crippen molar-refractivity contribution >= 4 is 0 Å². The first-order valence-electron chi connectivity index (χ1n) is 4.87. The third kappa shape index (κ3) is 8.22. The van der Waals surface area contributed by atoms with E-state index in [0.717, 1.165) is 32.7 Å². The molecular weight excluding hydrogens is 162 g/mol. The zero-order valence-corrected chi connectivity index (χ0v) is 9.58. The second-order valence-corrected chi connectivity index (χ2v) is 3.91. The van der Waals surface area contributed by atoms with Crippen molar-refractivity contribution in [1.82, 2.24) is 14.7 Å². The summed E-state index contributed by atoms with van der Waals surface area (Å²) < 4.78 is 0. The molecule has 0 amide bonds. The summed E-state index contributed by atoms with van der Waals surface area (Å²) in [6, 6.07) is 0. The summed E-state index contributed by atoms with van der Waals surface area (Å²) in [7, 11) is 8.49. The predicted molar refractivity (Wildman–Crippen MR) is 58.9 cm³/mol. The smallest absolute Gasteiger partial charge is 0.0107 e. The molecule has 1 radical (unpaired) electrons. The second kappa shape index (κ2) is 7.30. The Balaban J connectivity index is 3.34. The molecule has 0 rings (SSSR count). The minimum absolute atomic E-state index is 0.890. The van der Waals surface area contributed by atoms with Crippen molar-refractivity contribution in [2.24, 2.45) is 0 Å². The summed E-state index contributed by atoms with van der Waals surface area (Å²) in [5.41, 5.74) is 0. The lowest BCUT2D eigenvalue weighted by atomic mass is 10.4. The lowest BCUT2D eigenvalue weighted by Crippen LogP contribution is -2.34. The van der Waals surface area contributed by atoms with E-state index in [9.17, 15) is 0 Å². The van der Waals surface area contributed by atoms with Gasteiger partial charge in [-0.2, -0.15) is 0 Å². The maximum Gasteiger partial charge on any atom is 0.0107 e. The van der Waals surface area contributed by atoms with E-state index in [1.807, 2.05) is 0 Å². The van der Waals surface area contributed by atoms with Gasteiger partial charge in [-0.1, -0.05) is 0 Å². The maximum atomic E-state index is 3.84. The first-order chi connectivity index (χ1) is 6.06. The Morgan fingerprint density at radius 2 is 1.23 bits per heavy atom. The fraction of sp³-hybridized carbons (Fsp3) is 0.900. The number of likely N-dealkylation sites (N-methyl/N-ethyl adjacent to an activating group) is 3. The van der Waals surface area contributed by atoms with E-state index in [-0.39, 0.29) is 0 Å². The summed E-state index contributed by atoms with van der Waals surface area (Å²) in [4.78, 5) is 6.79. The van der Waals surface area contributed by atoms with Gasteiger partial charge in [-0.05, 0) is 41.7 Å². The van der Waals surface area contributed by atoms with Crippen molar-refractivity contribution in [2.75, 3.05) is 60.9 Å². The van der Waals surface area contributed by atoms with Crippen LogP contribution in [0.1, 0.15) is 0 Å². The van der Waals surface area contributed by atoms with Crippen LogP contribution in [0.5, 0.6) is 0 Å². The molecule has 0 spiro atoms. The van der Waals surface area contributed by atoms with Gasteiger partial charge in [-0.25, -0.2) is 0 Å². The Bertz CT molecular complexity index is 115. The van der Waals surface area contributed by atoms with Crippen LogP contribution >= 0.6 is 0 Å². The van der Waals surface area contributed by atoms with Crippen LogP contribution in [0.4, 0.5) is 0 Å². The molecule has 0 heterocycles. The molecule has 13 heavy (non-hydrogen) atoms. The maximum absolute atomic E-state index is 3.84. The highest BCUT2D eigenvalue weighted by molar-refractivity contribution is 4.58. The van der Waals surface area contributed by atoms with Crippen LogP contribution in [0, 0.1) is 6.92 Å². The van der Waals surface area contributed by atoms with Gasteiger partial charge in [0.2, 0.25) is 0 Å². The van der Waals surface area contributed by atoms with Crippen molar-refractivity contribution < 1.29 is 0 Å². The largest absolute Gasteiger partial charge is 0.308 e. The van der Waals surface area contributed by atoms with E-state index in [1.165, 1.54) is 0 Å². The molecule has 0 aliphatic rings. The Hall–Kier alpha value is -0.120. The van der Waals surface area contributed by atoms with Crippen molar-refractivity contribution in [1.29, 1.82) is 0 Å². The van der Waals surface area contributed by atoms with Gasteiger partial charge in [0.25, 0.3) is 0 Å². The van der Waals surface area contributed by atoms with E-state index in [4.69, 9.17) is 0 Å². The molecule has 79 valence electrons.